The van der Waals surface area contributed by atoms with Crippen molar-refractivity contribution >= 4 is 29.2 Å². The molecular formula is C11H17N7S. The number of thiazole rings is 1. The summed E-state index contributed by atoms with van der Waals surface area (Å²) in [5, 5.41) is 4.12. The van der Waals surface area contributed by atoms with Crippen molar-refractivity contribution in [1.29, 1.82) is 0 Å². The predicted octanol–water partition coefficient (Wildman–Crippen LogP) is 1.15. The minimum Gasteiger partial charge on any atom is -0.368 e. The van der Waals surface area contributed by atoms with Crippen molar-refractivity contribution in [2.75, 3.05) is 30.0 Å². The second-order valence-electron chi connectivity index (χ2n) is 4.14. The Labute approximate surface area is 115 Å². The van der Waals surface area contributed by atoms with Gasteiger partial charge >= 0.3 is 0 Å². The third-order valence-electron chi connectivity index (χ3n) is 2.39. The zero-order valence-corrected chi connectivity index (χ0v) is 12.0. The average Bonchev–Trinajstić information content (AvgIpc) is 2.83. The summed E-state index contributed by atoms with van der Waals surface area (Å²) in [4.78, 5) is 19.7. The average molecular weight is 279 g/mol. The Morgan fingerprint density at radius 1 is 1.32 bits per heavy atom. The van der Waals surface area contributed by atoms with Gasteiger partial charge in [0.2, 0.25) is 17.8 Å². The first-order valence-corrected chi connectivity index (χ1v) is 6.76. The number of anilines is 3. The lowest BCUT2D eigenvalue weighted by atomic mass is 10.4. The summed E-state index contributed by atoms with van der Waals surface area (Å²) >= 11 is 1.68. The minimum absolute atomic E-state index is 0.203. The normalized spacial score (nSPS) is 10.5. The fourth-order valence-electron chi connectivity index (χ4n) is 1.41. The van der Waals surface area contributed by atoms with E-state index in [-0.39, 0.29) is 5.95 Å². The van der Waals surface area contributed by atoms with E-state index < -0.39 is 0 Å². The molecule has 0 radical (unpaired) electrons. The molecule has 0 bridgehead atoms. The SMILES string of the molecule is CCc1cnc(CNc2nc(N)nc(N(C)C)n2)s1. The van der Waals surface area contributed by atoms with Gasteiger partial charge in [0, 0.05) is 25.2 Å². The van der Waals surface area contributed by atoms with E-state index in [2.05, 4.69) is 32.2 Å². The van der Waals surface area contributed by atoms with Gasteiger partial charge in [-0.15, -0.1) is 11.3 Å². The topological polar surface area (TPSA) is 92.8 Å². The van der Waals surface area contributed by atoms with Gasteiger partial charge in [-0.25, -0.2) is 4.98 Å². The highest BCUT2D eigenvalue weighted by atomic mass is 32.1. The van der Waals surface area contributed by atoms with Crippen LogP contribution in [0.1, 0.15) is 16.8 Å². The van der Waals surface area contributed by atoms with Crippen molar-refractivity contribution in [2.45, 2.75) is 19.9 Å². The molecule has 0 unspecified atom stereocenters. The van der Waals surface area contributed by atoms with Crippen molar-refractivity contribution in [3.63, 3.8) is 0 Å². The van der Waals surface area contributed by atoms with E-state index >= 15 is 0 Å². The zero-order chi connectivity index (χ0) is 13.8. The Hall–Kier alpha value is -1.96. The molecule has 0 fully saturated rings. The van der Waals surface area contributed by atoms with Gasteiger partial charge in [-0.3, -0.25) is 0 Å². The first kappa shape index (κ1) is 13.5. The van der Waals surface area contributed by atoms with Crippen molar-refractivity contribution < 1.29 is 0 Å². The molecule has 0 aromatic carbocycles. The Bertz CT molecular complexity index is 552. The quantitative estimate of drug-likeness (QED) is 0.848. The van der Waals surface area contributed by atoms with Gasteiger partial charge in [0.05, 0.1) is 6.54 Å². The fourth-order valence-corrected chi connectivity index (χ4v) is 2.21. The van der Waals surface area contributed by atoms with Crippen LogP contribution in [-0.4, -0.2) is 34.0 Å². The van der Waals surface area contributed by atoms with Crippen LogP contribution in [-0.2, 0) is 13.0 Å². The Morgan fingerprint density at radius 2 is 2.11 bits per heavy atom. The molecule has 0 saturated heterocycles. The van der Waals surface area contributed by atoms with Gasteiger partial charge in [-0.1, -0.05) is 6.92 Å². The molecule has 2 heterocycles. The number of hydrogen-bond donors (Lipinski definition) is 2. The summed E-state index contributed by atoms with van der Waals surface area (Å²) in [6.45, 7) is 2.70. The van der Waals surface area contributed by atoms with Gasteiger partial charge < -0.3 is 16.0 Å². The third kappa shape index (κ3) is 3.50. The van der Waals surface area contributed by atoms with Crippen molar-refractivity contribution in [1.82, 2.24) is 19.9 Å². The van der Waals surface area contributed by atoms with Crippen LogP contribution >= 0.6 is 11.3 Å². The largest absolute Gasteiger partial charge is 0.368 e. The van der Waals surface area contributed by atoms with E-state index in [1.165, 1.54) is 4.88 Å². The summed E-state index contributed by atoms with van der Waals surface area (Å²) in [6.07, 6.45) is 2.90. The molecule has 8 heteroatoms. The van der Waals surface area contributed by atoms with Crippen LogP contribution in [0.4, 0.5) is 17.8 Å². The molecule has 2 aromatic heterocycles. The number of aromatic nitrogens is 4. The van der Waals surface area contributed by atoms with Crippen LogP contribution in [0, 0.1) is 0 Å². The van der Waals surface area contributed by atoms with Crippen molar-refractivity contribution in [3.05, 3.63) is 16.1 Å². The van der Waals surface area contributed by atoms with Crippen LogP contribution in [0.3, 0.4) is 0 Å². The van der Waals surface area contributed by atoms with Gasteiger partial charge in [0.15, 0.2) is 0 Å². The second kappa shape index (κ2) is 5.79. The molecule has 0 saturated carbocycles. The van der Waals surface area contributed by atoms with E-state index in [0.29, 0.717) is 18.4 Å². The van der Waals surface area contributed by atoms with Crippen LogP contribution in [0.25, 0.3) is 0 Å². The Morgan fingerprint density at radius 3 is 2.74 bits per heavy atom. The Balaban J connectivity index is 2.06. The van der Waals surface area contributed by atoms with Crippen LogP contribution in [0.5, 0.6) is 0 Å². The molecule has 3 N–H and O–H groups in total. The molecule has 0 aliphatic rings. The number of rotatable bonds is 5. The first-order chi connectivity index (χ1) is 9.08. The molecule has 0 spiro atoms. The van der Waals surface area contributed by atoms with Gasteiger partial charge in [0.1, 0.15) is 5.01 Å². The lowest BCUT2D eigenvalue weighted by Crippen LogP contribution is -2.16. The number of aryl methyl sites for hydroxylation is 1. The summed E-state index contributed by atoms with van der Waals surface area (Å²) in [5.74, 6) is 1.20. The molecule has 0 amide bonds. The maximum Gasteiger partial charge on any atom is 0.231 e. The third-order valence-corrected chi connectivity index (χ3v) is 3.53. The number of nitrogens with zero attached hydrogens (tertiary/aromatic N) is 5. The molecule has 0 atom stereocenters. The van der Waals surface area contributed by atoms with E-state index in [0.717, 1.165) is 11.4 Å². The number of nitrogens with two attached hydrogens (primary N) is 1. The fraction of sp³-hybridized carbons (Fsp3) is 0.455. The monoisotopic (exact) mass is 279 g/mol. The summed E-state index contributed by atoms with van der Waals surface area (Å²) < 4.78 is 0. The molecule has 19 heavy (non-hydrogen) atoms. The highest BCUT2D eigenvalue weighted by Crippen LogP contribution is 2.15. The van der Waals surface area contributed by atoms with E-state index in [1.807, 2.05) is 20.3 Å². The molecule has 0 aliphatic heterocycles. The summed E-state index contributed by atoms with van der Waals surface area (Å²) in [6, 6.07) is 0. The first-order valence-electron chi connectivity index (χ1n) is 5.94. The molecule has 7 nitrogen and oxygen atoms in total. The maximum atomic E-state index is 5.65. The number of nitrogen functional groups attached to an aromatic ring is 1. The molecular weight excluding hydrogens is 262 g/mol. The number of nitrogens with one attached hydrogen (secondary N) is 1. The smallest absolute Gasteiger partial charge is 0.231 e. The van der Waals surface area contributed by atoms with Crippen molar-refractivity contribution in [2.24, 2.45) is 0 Å². The predicted molar refractivity (Wildman–Crippen MR) is 77.4 cm³/mol. The molecule has 0 aliphatic carbocycles. The summed E-state index contributed by atoms with van der Waals surface area (Å²) in [7, 11) is 3.71. The minimum atomic E-state index is 0.203. The molecule has 102 valence electrons. The Kier molecular flexibility index (Phi) is 4.10. The molecule has 2 aromatic rings. The second-order valence-corrected chi connectivity index (χ2v) is 5.34. The van der Waals surface area contributed by atoms with Gasteiger partial charge in [-0.05, 0) is 6.42 Å². The highest BCUT2D eigenvalue weighted by Gasteiger charge is 2.07. The van der Waals surface area contributed by atoms with Crippen molar-refractivity contribution in [3.8, 4) is 0 Å². The van der Waals surface area contributed by atoms with Gasteiger partial charge in [-0.2, -0.15) is 15.0 Å². The zero-order valence-electron chi connectivity index (χ0n) is 11.2. The van der Waals surface area contributed by atoms with E-state index in [1.54, 1.807) is 16.2 Å². The summed E-state index contributed by atoms with van der Waals surface area (Å²) in [5.41, 5.74) is 5.65. The van der Waals surface area contributed by atoms with Crippen LogP contribution < -0.4 is 16.0 Å². The lowest BCUT2D eigenvalue weighted by molar-refractivity contribution is 0.947. The lowest BCUT2D eigenvalue weighted by Gasteiger charge is -2.11. The number of hydrogen-bond acceptors (Lipinski definition) is 8. The maximum absolute atomic E-state index is 5.65. The van der Waals surface area contributed by atoms with E-state index in [4.69, 9.17) is 5.73 Å². The van der Waals surface area contributed by atoms with Crippen LogP contribution in [0.15, 0.2) is 6.20 Å². The van der Waals surface area contributed by atoms with E-state index in [9.17, 15) is 0 Å². The standard InChI is InChI=1S/C11H17N7S/c1-4-7-5-13-8(19-7)6-14-10-15-9(12)16-11(17-10)18(2)3/h5H,4,6H2,1-3H3,(H3,12,14,15,16,17). The van der Waals surface area contributed by atoms with Crippen LogP contribution in [0.2, 0.25) is 0 Å². The van der Waals surface area contributed by atoms with Gasteiger partial charge in [0.25, 0.3) is 0 Å². The molecule has 2 rings (SSSR count). The highest BCUT2D eigenvalue weighted by molar-refractivity contribution is 7.11.